The van der Waals surface area contributed by atoms with Crippen LogP contribution in [-0.4, -0.2) is 23.9 Å². The van der Waals surface area contributed by atoms with E-state index in [9.17, 15) is 4.79 Å². The van der Waals surface area contributed by atoms with Crippen LogP contribution in [-0.2, 0) is 0 Å². The van der Waals surface area contributed by atoms with E-state index in [0.717, 1.165) is 16.3 Å². The molecule has 0 unspecified atom stereocenters. The van der Waals surface area contributed by atoms with Crippen molar-refractivity contribution in [3.63, 3.8) is 0 Å². The topological polar surface area (TPSA) is 70.9 Å². The number of hydrogen-bond donors (Lipinski definition) is 2. The molecule has 0 aliphatic carbocycles. The van der Waals surface area contributed by atoms with Gasteiger partial charge in [0.1, 0.15) is 12.4 Å². The molecule has 0 bridgehead atoms. The Labute approximate surface area is 150 Å². The lowest BCUT2D eigenvalue weighted by Crippen LogP contribution is -2.00. The Morgan fingerprint density at radius 2 is 1.92 bits per heavy atom. The molecule has 0 spiro atoms. The summed E-state index contributed by atoms with van der Waals surface area (Å²) >= 11 is 0. The number of carbonyl (C=O) groups is 1. The quantitative estimate of drug-likeness (QED) is 0.403. The third-order valence-electron chi connectivity index (χ3n) is 3.76. The van der Waals surface area contributed by atoms with E-state index in [4.69, 9.17) is 16.3 Å². The second-order valence-electron chi connectivity index (χ2n) is 5.44. The summed E-state index contributed by atoms with van der Waals surface area (Å²) in [7, 11) is 0. The van der Waals surface area contributed by atoms with E-state index < -0.39 is 5.97 Å². The highest BCUT2D eigenvalue weighted by atomic mass is 16.5. The lowest BCUT2D eigenvalue weighted by molar-refractivity contribution is 0.0697. The zero-order valence-corrected chi connectivity index (χ0v) is 13.8. The Morgan fingerprint density at radius 1 is 1.15 bits per heavy atom. The maximum atomic E-state index is 10.9. The number of rotatable bonds is 6. The molecule has 0 aliphatic rings. The van der Waals surface area contributed by atoms with Gasteiger partial charge in [-0.2, -0.15) is 5.10 Å². The Hall–Kier alpha value is -3.78. The summed E-state index contributed by atoms with van der Waals surface area (Å²) in [6.07, 6.45) is 6.95. The van der Waals surface area contributed by atoms with Crippen molar-refractivity contribution in [3.05, 3.63) is 71.8 Å². The third kappa shape index (κ3) is 3.82. The SMILES string of the molecule is C#CCOc1ccc2ccccc2c1/C=N\Nc1ccc(C(=O)O)cc1. The number of nitrogens with one attached hydrogen (secondary N) is 1. The lowest BCUT2D eigenvalue weighted by atomic mass is 10.0. The number of terminal acetylenes is 1. The van der Waals surface area contributed by atoms with Gasteiger partial charge in [0.25, 0.3) is 0 Å². The van der Waals surface area contributed by atoms with Gasteiger partial charge < -0.3 is 9.84 Å². The van der Waals surface area contributed by atoms with Crippen LogP contribution in [0.2, 0.25) is 0 Å². The predicted octanol–water partition coefficient (Wildman–Crippen LogP) is 4.00. The molecule has 0 radical (unpaired) electrons. The summed E-state index contributed by atoms with van der Waals surface area (Å²) in [5.74, 6) is 2.14. The predicted molar refractivity (Wildman–Crippen MR) is 103 cm³/mol. The third-order valence-corrected chi connectivity index (χ3v) is 3.76. The molecule has 0 heterocycles. The normalized spacial score (nSPS) is 10.6. The van der Waals surface area contributed by atoms with E-state index in [-0.39, 0.29) is 12.2 Å². The van der Waals surface area contributed by atoms with Crippen LogP contribution >= 0.6 is 0 Å². The van der Waals surface area contributed by atoms with Crippen LogP contribution in [0.5, 0.6) is 5.75 Å². The fraction of sp³-hybridized carbons (Fsp3) is 0.0476. The molecule has 3 aromatic rings. The van der Waals surface area contributed by atoms with Crippen LogP contribution < -0.4 is 10.2 Å². The molecular formula is C21H16N2O3. The molecular weight excluding hydrogens is 328 g/mol. The first-order valence-electron chi connectivity index (χ1n) is 7.89. The van der Waals surface area contributed by atoms with Gasteiger partial charge in [0.15, 0.2) is 0 Å². The van der Waals surface area contributed by atoms with E-state index >= 15 is 0 Å². The molecule has 5 nitrogen and oxygen atoms in total. The Balaban J connectivity index is 1.87. The average Bonchev–Trinajstić information content (AvgIpc) is 2.67. The zero-order chi connectivity index (χ0) is 18.4. The van der Waals surface area contributed by atoms with Gasteiger partial charge in [0, 0.05) is 5.56 Å². The van der Waals surface area contributed by atoms with Crippen molar-refractivity contribution < 1.29 is 14.6 Å². The summed E-state index contributed by atoms with van der Waals surface area (Å²) < 4.78 is 5.62. The van der Waals surface area contributed by atoms with Gasteiger partial charge in [0.05, 0.1) is 17.5 Å². The van der Waals surface area contributed by atoms with E-state index in [0.29, 0.717) is 11.4 Å². The molecule has 26 heavy (non-hydrogen) atoms. The second-order valence-corrected chi connectivity index (χ2v) is 5.44. The fourth-order valence-corrected chi connectivity index (χ4v) is 2.51. The number of ether oxygens (including phenoxy) is 1. The molecule has 0 saturated heterocycles. The molecule has 0 aromatic heterocycles. The Morgan fingerprint density at radius 3 is 2.65 bits per heavy atom. The number of hydrazone groups is 1. The van der Waals surface area contributed by atoms with Gasteiger partial charge in [-0.25, -0.2) is 4.79 Å². The minimum absolute atomic E-state index is 0.170. The smallest absolute Gasteiger partial charge is 0.335 e. The molecule has 0 fully saturated rings. The minimum Gasteiger partial charge on any atom is -0.480 e. The van der Waals surface area contributed by atoms with Crippen molar-refractivity contribution in [2.45, 2.75) is 0 Å². The number of nitrogens with zero attached hydrogens (tertiary/aromatic N) is 1. The Kier molecular flexibility index (Phi) is 5.16. The van der Waals surface area contributed by atoms with Crippen LogP contribution in [0.15, 0.2) is 65.8 Å². The molecule has 128 valence electrons. The van der Waals surface area contributed by atoms with E-state index in [1.54, 1.807) is 18.3 Å². The van der Waals surface area contributed by atoms with Crippen molar-refractivity contribution in [2.75, 3.05) is 12.0 Å². The van der Waals surface area contributed by atoms with Gasteiger partial charge >= 0.3 is 5.97 Å². The minimum atomic E-state index is -0.967. The molecule has 3 aromatic carbocycles. The van der Waals surface area contributed by atoms with Gasteiger partial charge in [-0.05, 0) is 41.1 Å². The highest BCUT2D eigenvalue weighted by Gasteiger charge is 2.07. The van der Waals surface area contributed by atoms with Gasteiger partial charge in [-0.3, -0.25) is 5.43 Å². The number of anilines is 1. The van der Waals surface area contributed by atoms with Crippen molar-refractivity contribution in [2.24, 2.45) is 5.10 Å². The number of hydrogen-bond acceptors (Lipinski definition) is 4. The van der Waals surface area contributed by atoms with Gasteiger partial charge in [-0.1, -0.05) is 36.3 Å². The van der Waals surface area contributed by atoms with Crippen molar-refractivity contribution in [1.29, 1.82) is 0 Å². The van der Waals surface area contributed by atoms with E-state index in [2.05, 4.69) is 16.4 Å². The summed E-state index contributed by atoms with van der Waals surface area (Å²) in [5.41, 5.74) is 4.60. The Bertz CT molecular complexity index is 1000. The van der Waals surface area contributed by atoms with Gasteiger partial charge in [-0.15, -0.1) is 6.42 Å². The zero-order valence-electron chi connectivity index (χ0n) is 13.8. The number of aromatic carboxylic acids is 1. The average molecular weight is 344 g/mol. The molecule has 5 heteroatoms. The van der Waals surface area contributed by atoms with Crippen LogP contribution in [0, 0.1) is 12.3 Å². The van der Waals surface area contributed by atoms with Gasteiger partial charge in [0.2, 0.25) is 0 Å². The number of carboxylic acid groups (broad SMARTS) is 1. The highest BCUT2D eigenvalue weighted by Crippen LogP contribution is 2.26. The molecule has 0 saturated carbocycles. The van der Waals surface area contributed by atoms with E-state index in [1.807, 2.05) is 36.4 Å². The highest BCUT2D eigenvalue weighted by molar-refractivity contribution is 6.02. The maximum Gasteiger partial charge on any atom is 0.335 e. The monoisotopic (exact) mass is 344 g/mol. The first kappa shape index (κ1) is 17.1. The number of benzene rings is 3. The molecule has 0 amide bonds. The van der Waals surface area contributed by atoms with Crippen LogP contribution in [0.25, 0.3) is 10.8 Å². The first-order chi connectivity index (χ1) is 12.7. The van der Waals surface area contributed by atoms with Crippen molar-refractivity contribution >= 4 is 28.6 Å². The molecule has 3 rings (SSSR count). The summed E-state index contributed by atoms with van der Waals surface area (Å²) in [4.78, 5) is 10.9. The van der Waals surface area contributed by atoms with E-state index in [1.165, 1.54) is 12.1 Å². The van der Waals surface area contributed by atoms with Crippen LogP contribution in [0.1, 0.15) is 15.9 Å². The van der Waals surface area contributed by atoms with Crippen LogP contribution in [0.4, 0.5) is 5.69 Å². The van der Waals surface area contributed by atoms with Crippen molar-refractivity contribution in [3.8, 4) is 18.1 Å². The summed E-state index contributed by atoms with van der Waals surface area (Å²) in [5, 5.41) is 15.2. The summed E-state index contributed by atoms with van der Waals surface area (Å²) in [6.45, 7) is 0.170. The lowest BCUT2D eigenvalue weighted by Gasteiger charge is -2.10. The molecule has 2 N–H and O–H groups in total. The van der Waals surface area contributed by atoms with Crippen molar-refractivity contribution in [1.82, 2.24) is 0 Å². The maximum absolute atomic E-state index is 10.9. The van der Waals surface area contributed by atoms with Crippen LogP contribution in [0.3, 0.4) is 0 Å². The number of carboxylic acids is 1. The fourth-order valence-electron chi connectivity index (χ4n) is 2.51. The standard InChI is InChI=1S/C21H16N2O3/c1-2-13-26-20-12-9-15-5-3-4-6-18(15)19(20)14-22-23-17-10-7-16(8-11-17)21(24)25/h1,3-12,14,23H,13H2,(H,24,25)/b22-14-. The second kappa shape index (κ2) is 7.86. The molecule has 0 atom stereocenters. The molecule has 0 aliphatic heterocycles. The largest absolute Gasteiger partial charge is 0.480 e. The summed E-state index contributed by atoms with van der Waals surface area (Å²) in [6, 6.07) is 18.1. The first-order valence-corrected chi connectivity index (χ1v) is 7.89. The number of fused-ring (bicyclic) bond motifs is 1.